The Morgan fingerprint density at radius 2 is 1.72 bits per heavy atom. The number of carbonyl (C=O) groups excluding carboxylic acids is 1. The van der Waals surface area contributed by atoms with Gasteiger partial charge in [-0.15, -0.1) is 0 Å². The number of benzene rings is 2. The van der Waals surface area contributed by atoms with E-state index in [-0.39, 0.29) is 23.6 Å². The van der Waals surface area contributed by atoms with Gasteiger partial charge in [0.15, 0.2) is 0 Å². The second kappa shape index (κ2) is 11.9. The van der Waals surface area contributed by atoms with Crippen molar-refractivity contribution in [2.75, 3.05) is 49.6 Å². The molecule has 7 nitrogen and oxygen atoms in total. The Morgan fingerprint density at radius 3 is 2.38 bits per heavy atom. The van der Waals surface area contributed by atoms with Gasteiger partial charge < -0.3 is 21.3 Å². The van der Waals surface area contributed by atoms with E-state index < -0.39 is 17.8 Å². The Balaban J connectivity index is 1.46. The monoisotopic (exact) mass is 556 g/mol. The number of hydrogen-bond acceptors (Lipinski definition) is 5. The van der Waals surface area contributed by atoms with Crippen molar-refractivity contribution in [2.24, 2.45) is 0 Å². The Kier molecular flexibility index (Phi) is 8.65. The molecule has 1 fully saturated rings. The zero-order chi connectivity index (χ0) is 28.2. The summed E-state index contributed by atoms with van der Waals surface area (Å²) in [4.78, 5) is 20.7. The Labute approximate surface area is 230 Å². The van der Waals surface area contributed by atoms with Crippen molar-refractivity contribution < 1.29 is 18.0 Å². The van der Waals surface area contributed by atoms with E-state index in [1.54, 1.807) is 24.3 Å². The molecule has 1 saturated heterocycles. The zero-order valence-corrected chi connectivity index (χ0v) is 22.2. The summed E-state index contributed by atoms with van der Waals surface area (Å²) < 4.78 is 41.6. The molecule has 11 heteroatoms. The summed E-state index contributed by atoms with van der Waals surface area (Å²) in [5, 5.41) is 5.45. The number of rotatable bonds is 4. The predicted molar refractivity (Wildman–Crippen MR) is 148 cm³/mol. The largest absolute Gasteiger partial charge is 0.416 e. The highest BCUT2D eigenvalue weighted by atomic mass is 35.5. The number of nitrogens with zero attached hydrogens (tertiary/aromatic N) is 3. The summed E-state index contributed by atoms with van der Waals surface area (Å²) in [6.07, 6.45) is -3.05. The maximum Gasteiger partial charge on any atom is 0.416 e. The topological polar surface area (TPSA) is 86.5 Å². The van der Waals surface area contributed by atoms with Gasteiger partial charge in [0.25, 0.3) is 0 Å². The number of likely N-dealkylation sites (N-methyl/N-ethyl adjacent to an activating group) is 1. The maximum atomic E-state index is 13.9. The van der Waals surface area contributed by atoms with Crippen molar-refractivity contribution in [3.05, 3.63) is 81.5 Å². The number of aryl methyl sites for hydroxylation is 1. The smallest absolute Gasteiger partial charge is 0.382 e. The van der Waals surface area contributed by atoms with Crippen LogP contribution in [-0.2, 0) is 12.7 Å². The van der Waals surface area contributed by atoms with Crippen LogP contribution in [0.4, 0.5) is 35.2 Å². The standard InChI is InChI=1S/C28H28ClF3N6O/c1-18-3-7-22(14-20(18)5-4-19-13-25(29)26(33)34-16-19)35-27(39)36-23-8-6-21(24(15-23)28(30,31)32)17-38-11-9-37(2)10-12-38/h3,6-8,13-16H,9-12,17H2,1-2H3,(H2,33,34)(H2,35,36,39). The molecule has 2 amide bonds. The van der Waals surface area contributed by atoms with E-state index in [0.29, 0.717) is 34.9 Å². The third-order valence-corrected chi connectivity index (χ3v) is 6.67. The van der Waals surface area contributed by atoms with Crippen molar-refractivity contribution in [3.8, 4) is 11.8 Å². The summed E-state index contributed by atoms with van der Waals surface area (Å²) in [6, 6.07) is 9.95. The molecule has 0 bridgehead atoms. The molecule has 2 aromatic carbocycles. The number of amides is 2. The van der Waals surface area contributed by atoms with E-state index in [1.165, 1.54) is 18.3 Å². The molecule has 0 aliphatic carbocycles. The lowest BCUT2D eigenvalue weighted by Crippen LogP contribution is -2.44. The average Bonchev–Trinajstić information content (AvgIpc) is 2.88. The number of anilines is 3. The van der Waals surface area contributed by atoms with E-state index in [2.05, 4.69) is 32.4 Å². The summed E-state index contributed by atoms with van der Waals surface area (Å²) >= 11 is 5.99. The predicted octanol–water partition coefficient (Wildman–Crippen LogP) is 5.44. The van der Waals surface area contributed by atoms with Crippen LogP contribution >= 0.6 is 11.6 Å². The molecular weight excluding hydrogens is 529 g/mol. The fourth-order valence-corrected chi connectivity index (χ4v) is 4.25. The van der Waals surface area contributed by atoms with E-state index >= 15 is 0 Å². The van der Waals surface area contributed by atoms with Crippen LogP contribution in [0.2, 0.25) is 5.02 Å². The number of carbonyl (C=O) groups is 1. The number of nitrogens with two attached hydrogens (primary N) is 1. The van der Waals surface area contributed by atoms with Gasteiger partial charge in [0.05, 0.1) is 10.6 Å². The quantitative estimate of drug-likeness (QED) is 0.373. The first-order chi connectivity index (χ1) is 18.5. The summed E-state index contributed by atoms with van der Waals surface area (Å²) in [6.45, 7) is 5.07. The fourth-order valence-electron chi connectivity index (χ4n) is 4.09. The molecule has 2 heterocycles. The molecule has 0 atom stereocenters. The number of hydrogen-bond donors (Lipinski definition) is 3. The van der Waals surface area contributed by atoms with Gasteiger partial charge in [-0.3, -0.25) is 4.90 Å². The molecule has 0 radical (unpaired) electrons. The van der Waals surface area contributed by atoms with Gasteiger partial charge in [0, 0.05) is 61.4 Å². The molecule has 0 saturated carbocycles. The minimum Gasteiger partial charge on any atom is -0.382 e. The first-order valence-electron chi connectivity index (χ1n) is 12.2. The molecule has 4 rings (SSSR count). The van der Waals surface area contributed by atoms with Crippen molar-refractivity contribution in [3.63, 3.8) is 0 Å². The number of halogens is 4. The maximum absolute atomic E-state index is 13.9. The second-order valence-electron chi connectivity index (χ2n) is 9.40. The lowest BCUT2D eigenvalue weighted by Gasteiger charge is -2.33. The number of nitrogen functional groups attached to an aromatic ring is 1. The Bertz CT molecular complexity index is 1430. The van der Waals surface area contributed by atoms with Gasteiger partial charge in [0.1, 0.15) is 5.82 Å². The van der Waals surface area contributed by atoms with Crippen molar-refractivity contribution in [1.29, 1.82) is 0 Å². The third kappa shape index (κ3) is 7.63. The van der Waals surface area contributed by atoms with E-state index in [9.17, 15) is 18.0 Å². The van der Waals surface area contributed by atoms with Crippen LogP contribution in [0.1, 0.15) is 27.8 Å². The third-order valence-electron chi connectivity index (χ3n) is 6.37. The summed E-state index contributed by atoms with van der Waals surface area (Å²) in [5.74, 6) is 6.18. The van der Waals surface area contributed by atoms with Gasteiger partial charge in [-0.05, 0) is 55.4 Å². The van der Waals surface area contributed by atoms with Gasteiger partial charge in [-0.1, -0.05) is 35.6 Å². The number of urea groups is 1. The molecule has 3 aromatic rings. The summed E-state index contributed by atoms with van der Waals surface area (Å²) in [5.41, 5.74) is 7.60. The normalized spacial score (nSPS) is 14.4. The van der Waals surface area contributed by atoms with Crippen LogP contribution < -0.4 is 16.4 Å². The van der Waals surface area contributed by atoms with Crippen LogP contribution in [0.25, 0.3) is 0 Å². The fraction of sp³-hybridized carbons (Fsp3) is 0.286. The first kappa shape index (κ1) is 28.2. The molecule has 0 unspecified atom stereocenters. The minimum absolute atomic E-state index is 0.0433. The van der Waals surface area contributed by atoms with Crippen molar-refractivity contribution in [2.45, 2.75) is 19.6 Å². The van der Waals surface area contributed by atoms with Crippen LogP contribution in [0.5, 0.6) is 0 Å². The lowest BCUT2D eigenvalue weighted by atomic mass is 10.0. The van der Waals surface area contributed by atoms with Crippen molar-refractivity contribution in [1.82, 2.24) is 14.8 Å². The van der Waals surface area contributed by atoms with E-state index in [1.807, 2.05) is 18.9 Å². The number of pyridine rings is 1. The second-order valence-corrected chi connectivity index (χ2v) is 9.81. The minimum atomic E-state index is -4.55. The van der Waals surface area contributed by atoms with Crippen molar-refractivity contribution >= 4 is 34.8 Å². The summed E-state index contributed by atoms with van der Waals surface area (Å²) in [7, 11) is 1.99. The first-order valence-corrected chi connectivity index (χ1v) is 12.6. The van der Waals surface area contributed by atoms with Gasteiger partial charge in [-0.25, -0.2) is 9.78 Å². The van der Waals surface area contributed by atoms with Crippen LogP contribution in [0, 0.1) is 18.8 Å². The molecule has 39 heavy (non-hydrogen) atoms. The molecule has 4 N–H and O–H groups in total. The van der Waals surface area contributed by atoms with Crippen LogP contribution in [-0.4, -0.2) is 54.0 Å². The molecular formula is C28H28ClF3N6O. The molecule has 1 aliphatic rings. The van der Waals surface area contributed by atoms with Crippen LogP contribution in [0.3, 0.4) is 0 Å². The highest BCUT2D eigenvalue weighted by Crippen LogP contribution is 2.34. The number of aromatic nitrogens is 1. The van der Waals surface area contributed by atoms with E-state index in [4.69, 9.17) is 17.3 Å². The van der Waals surface area contributed by atoms with Gasteiger partial charge >= 0.3 is 12.2 Å². The molecule has 204 valence electrons. The Morgan fingerprint density at radius 1 is 1.05 bits per heavy atom. The molecule has 0 spiro atoms. The average molecular weight is 557 g/mol. The van der Waals surface area contributed by atoms with Gasteiger partial charge in [0.2, 0.25) is 0 Å². The highest BCUT2D eigenvalue weighted by molar-refractivity contribution is 6.32. The number of piperazine rings is 1. The highest BCUT2D eigenvalue weighted by Gasteiger charge is 2.34. The number of nitrogens with one attached hydrogen (secondary N) is 2. The van der Waals surface area contributed by atoms with Gasteiger partial charge in [-0.2, -0.15) is 13.2 Å². The van der Waals surface area contributed by atoms with Crippen LogP contribution in [0.15, 0.2) is 48.7 Å². The number of alkyl halides is 3. The SMILES string of the molecule is Cc1ccc(NC(=O)Nc2ccc(CN3CCN(C)CC3)c(C(F)(F)F)c2)cc1C#Cc1cnc(N)c(Cl)c1. The molecule has 1 aliphatic heterocycles. The lowest BCUT2D eigenvalue weighted by molar-refractivity contribution is -0.138. The molecule has 1 aromatic heterocycles. The zero-order valence-electron chi connectivity index (χ0n) is 21.5. The Hall–Kier alpha value is -3.78. The van der Waals surface area contributed by atoms with E-state index in [0.717, 1.165) is 24.7 Å².